The van der Waals surface area contributed by atoms with Crippen molar-refractivity contribution in [2.24, 2.45) is 40.3 Å². The van der Waals surface area contributed by atoms with E-state index in [2.05, 4.69) is 42.5 Å². The number of guanidine groups is 6. The minimum absolute atomic E-state index is 0.230. The van der Waals surface area contributed by atoms with Gasteiger partial charge in [0, 0.05) is 25.6 Å². The van der Waals surface area contributed by atoms with E-state index in [9.17, 15) is 40.2 Å². The Morgan fingerprint density at radius 1 is 0.479 bits per heavy atom. The third-order valence-corrected chi connectivity index (χ3v) is 12.5. The number of rotatable bonds is 19. The predicted octanol–water partition coefficient (Wildman–Crippen LogP) is -11.3. The summed E-state index contributed by atoms with van der Waals surface area (Å²) in [5.41, 5.74) is 33.7. The predicted molar refractivity (Wildman–Crippen MR) is 244 cm³/mol. The van der Waals surface area contributed by atoms with Gasteiger partial charge in [0.05, 0.1) is 18.6 Å². The van der Waals surface area contributed by atoms with Gasteiger partial charge < -0.3 is 136 Å². The third kappa shape index (κ3) is 14.8. The van der Waals surface area contributed by atoms with E-state index in [1.807, 2.05) is 0 Å². The summed E-state index contributed by atoms with van der Waals surface area (Å²) in [6.45, 7) is -1.61. The Kier molecular flexibility index (Phi) is 19.7. The lowest BCUT2D eigenvalue weighted by Crippen LogP contribution is -2.71. The van der Waals surface area contributed by atoms with Crippen LogP contribution in [0.1, 0.15) is 32.1 Å². The van der Waals surface area contributed by atoms with Crippen LogP contribution in [-0.2, 0) is 38.0 Å². The van der Waals surface area contributed by atoms with Gasteiger partial charge in [-0.3, -0.25) is 42.0 Å². The molecule has 5 rings (SSSR count). The highest BCUT2D eigenvalue weighted by atomic mass is 16.8. The van der Waals surface area contributed by atoms with E-state index in [-0.39, 0.29) is 31.3 Å². The van der Waals surface area contributed by atoms with Crippen LogP contribution in [0.5, 0.6) is 0 Å². The Morgan fingerprint density at radius 2 is 0.915 bits per heavy atom. The van der Waals surface area contributed by atoms with Crippen molar-refractivity contribution in [1.29, 1.82) is 32.5 Å². The fraction of sp³-hybridized carbons (Fsp3) is 0.784. The lowest BCUT2D eigenvalue weighted by atomic mass is 9.83. The van der Waals surface area contributed by atoms with E-state index in [1.165, 1.54) is 0 Å². The first-order valence-corrected chi connectivity index (χ1v) is 22.6. The zero-order valence-electron chi connectivity index (χ0n) is 38.3. The van der Waals surface area contributed by atoms with Gasteiger partial charge in [-0.05, 0) is 19.3 Å². The molecule has 0 bridgehead atoms. The van der Waals surface area contributed by atoms with Crippen molar-refractivity contribution in [3.05, 3.63) is 0 Å². The molecule has 5 fully saturated rings. The number of aliphatic hydroxyl groups excluding tert-OH is 6. The molecule has 3 aliphatic heterocycles. The van der Waals surface area contributed by atoms with Crippen molar-refractivity contribution >= 4 is 47.6 Å². The van der Waals surface area contributed by atoms with Crippen LogP contribution in [0.2, 0.25) is 0 Å². The second kappa shape index (κ2) is 25.0. The molecule has 0 spiro atoms. The normalized spacial score (nSPS) is 37.1. The van der Waals surface area contributed by atoms with Crippen LogP contribution in [0.25, 0.3) is 0 Å². The molecule has 34 nitrogen and oxygen atoms in total. The van der Waals surface area contributed by atoms with Crippen LogP contribution >= 0.6 is 0 Å². The van der Waals surface area contributed by atoms with E-state index in [0.717, 1.165) is 12.8 Å². The third-order valence-electron chi connectivity index (χ3n) is 12.5. The number of nitrogens with one attached hydrogen (secondary N) is 14. The molecule has 34 heteroatoms. The molecule has 0 aromatic heterocycles. The van der Waals surface area contributed by atoms with Crippen molar-refractivity contribution in [3.63, 3.8) is 0 Å². The lowest BCUT2D eigenvalue weighted by Gasteiger charge is -2.49. The van der Waals surface area contributed by atoms with Gasteiger partial charge in [0.15, 0.2) is 54.6 Å². The molecule has 5 aliphatic rings. The summed E-state index contributed by atoms with van der Waals surface area (Å²) in [5.74, 6) is -4.91. The summed E-state index contributed by atoms with van der Waals surface area (Å²) < 4.78 is 37.3. The molecule has 0 aromatic carbocycles. The average molecular weight is 1020 g/mol. The number of aliphatic hydroxyl groups is 6. The van der Waals surface area contributed by atoms with Gasteiger partial charge in [0.1, 0.15) is 85.3 Å². The molecule has 3 heterocycles. The van der Waals surface area contributed by atoms with Crippen LogP contribution in [0.4, 0.5) is 0 Å². The van der Waals surface area contributed by atoms with E-state index in [0.29, 0.717) is 12.8 Å². The first kappa shape index (κ1) is 56.0. The molecular formula is C37H70N20O14. The van der Waals surface area contributed by atoms with Crippen LogP contribution in [0.3, 0.4) is 0 Å². The Balaban J connectivity index is 1.50. The van der Waals surface area contributed by atoms with Crippen molar-refractivity contribution in [3.8, 4) is 0 Å². The molecule has 0 radical (unpaired) electrons. The van der Waals surface area contributed by atoms with Crippen molar-refractivity contribution in [2.45, 2.75) is 148 Å². The van der Waals surface area contributed by atoms with E-state index in [4.69, 9.17) is 95.3 Å². The van der Waals surface area contributed by atoms with E-state index in [1.54, 1.807) is 0 Å². The van der Waals surface area contributed by atoms with E-state index < -0.39 is 171 Å². The van der Waals surface area contributed by atoms with E-state index >= 15 is 0 Å². The maximum Gasteiger partial charge on any atom is 0.239 e. The molecule has 71 heavy (non-hydrogen) atoms. The van der Waals surface area contributed by atoms with Gasteiger partial charge >= 0.3 is 0 Å². The molecule has 402 valence electrons. The zero-order valence-corrected chi connectivity index (χ0v) is 38.3. The Bertz CT molecular complexity index is 1900. The van der Waals surface area contributed by atoms with Crippen LogP contribution < -0.4 is 76.9 Å². The SMILES string of the molecule is N=C(N)NCC1O[C@H](O[C@@H]2C(NC(=N)N)C[C@@H](NC(=N)N)C(O)C2O[C@@H]2O[C@H](CNC(=O)CNC(=O)C3CCCC3)C(OC3O[C@@H](CNC(=N)N)C(O)C(O)[C@H]3NC(=N)N)C2O)C(NC(=N)N)C(O)[C@@H]1O. The Morgan fingerprint density at radius 3 is 1.39 bits per heavy atom. The summed E-state index contributed by atoms with van der Waals surface area (Å²) in [6.07, 6.45) is -22.3. The summed E-state index contributed by atoms with van der Waals surface area (Å²) in [5, 5.41) is 136. The second-order valence-corrected chi connectivity index (χ2v) is 17.7. The minimum atomic E-state index is -1.95. The lowest BCUT2D eigenvalue weighted by molar-refractivity contribution is -0.310. The van der Waals surface area contributed by atoms with Gasteiger partial charge in [-0.1, -0.05) is 12.8 Å². The van der Waals surface area contributed by atoms with Gasteiger partial charge in [-0.15, -0.1) is 0 Å². The first-order valence-electron chi connectivity index (χ1n) is 22.6. The number of nitrogens with two attached hydrogens (primary N) is 6. The summed E-state index contributed by atoms with van der Waals surface area (Å²) >= 11 is 0. The molecule has 2 amide bonds. The standard InChI is InChI=1S/C37H70N20O14/c38-32(39)52-6-13-20(60)22(62)17(56-36(46)47)29(66-13)69-25-12(55-35(44)45)5-11(54-34(42)43)19(59)27(25)71-31-24(64)26(15(68-31)8-50-16(58)9-51-28(65)10-3-1-2-4-10)70-30-18(57-37(48)49)23(63)21(61)14(67-30)7-53-33(40)41/h10-15,17-27,29-31,59-64H,1-9H2,(H,50,58)(H,51,65)(H4,38,39,52)(H4,40,41,53)(H4,42,43,54)(H4,44,45,55)(H4,46,47,56)(H4,48,49,57)/t11-,12?,13?,14+,15-,17?,18-,19?,20-,21?,22?,23?,24?,25-,26?,27?,29-,30?,31+/m1/s1. The summed E-state index contributed by atoms with van der Waals surface area (Å²) in [4.78, 5) is 25.9. The fourth-order valence-electron chi connectivity index (χ4n) is 9.13. The molecule has 32 N–H and O–H groups in total. The monoisotopic (exact) mass is 1020 g/mol. The maximum absolute atomic E-state index is 13.2. The van der Waals surface area contributed by atoms with Crippen molar-refractivity contribution in [1.82, 2.24) is 42.5 Å². The van der Waals surface area contributed by atoms with Gasteiger partial charge in [0.2, 0.25) is 11.8 Å². The maximum atomic E-state index is 13.2. The Labute approximate surface area is 405 Å². The highest BCUT2D eigenvalue weighted by molar-refractivity contribution is 5.86. The summed E-state index contributed by atoms with van der Waals surface area (Å²) in [7, 11) is 0. The summed E-state index contributed by atoms with van der Waals surface area (Å²) in [6, 6.07) is -5.46. The van der Waals surface area contributed by atoms with Gasteiger partial charge in [-0.2, -0.15) is 0 Å². The molecule has 3 saturated heterocycles. The first-order chi connectivity index (χ1) is 33.4. The molecule has 2 saturated carbocycles. The number of carbonyl (C=O) groups is 2. The average Bonchev–Trinajstić information content (AvgIpc) is 3.93. The number of hydrogen-bond acceptors (Lipinski definition) is 20. The highest BCUT2D eigenvalue weighted by Crippen LogP contribution is 2.36. The van der Waals surface area contributed by atoms with Crippen LogP contribution in [0.15, 0.2) is 0 Å². The number of ether oxygens (including phenoxy) is 6. The minimum Gasteiger partial charge on any atom is -0.388 e. The molecule has 19 atom stereocenters. The van der Waals surface area contributed by atoms with Crippen LogP contribution in [-0.4, -0.2) is 221 Å². The largest absolute Gasteiger partial charge is 0.388 e. The number of carbonyl (C=O) groups excluding carboxylic acids is 2. The highest BCUT2D eigenvalue weighted by Gasteiger charge is 2.56. The zero-order chi connectivity index (χ0) is 52.4. The fourth-order valence-corrected chi connectivity index (χ4v) is 9.13. The van der Waals surface area contributed by atoms with Gasteiger partial charge in [0.25, 0.3) is 0 Å². The number of amides is 2. The van der Waals surface area contributed by atoms with Crippen molar-refractivity contribution in [2.75, 3.05) is 26.2 Å². The van der Waals surface area contributed by atoms with Crippen molar-refractivity contribution < 1.29 is 68.6 Å². The molecule has 2 aliphatic carbocycles. The van der Waals surface area contributed by atoms with Crippen LogP contribution in [0, 0.1) is 38.4 Å². The molecular weight excluding hydrogens is 949 g/mol. The quantitative estimate of drug-likeness (QED) is 0.0422. The topological polar surface area (TPSA) is 606 Å². The Hall–Kier alpha value is -5.92. The van der Waals surface area contributed by atoms with Gasteiger partial charge in [-0.25, -0.2) is 0 Å². The second-order valence-electron chi connectivity index (χ2n) is 17.7. The molecule has 11 unspecified atom stereocenters. The smallest absolute Gasteiger partial charge is 0.239 e. The number of hydrogen-bond donors (Lipinski definition) is 26. The molecule has 0 aromatic rings.